The molecule has 0 saturated carbocycles. The van der Waals surface area contributed by atoms with Crippen LogP contribution in [0.15, 0.2) is 48.8 Å². The van der Waals surface area contributed by atoms with Crippen LogP contribution >= 0.6 is 0 Å². The van der Waals surface area contributed by atoms with Gasteiger partial charge < -0.3 is 4.90 Å². The Labute approximate surface area is 183 Å². The molecule has 1 aromatic carbocycles. The van der Waals surface area contributed by atoms with Gasteiger partial charge in [0.2, 0.25) is 0 Å². The van der Waals surface area contributed by atoms with Gasteiger partial charge in [0.25, 0.3) is 5.91 Å². The number of amides is 1. The maximum Gasteiger partial charge on any atom is 0.416 e. The molecule has 0 aliphatic carbocycles. The topological polar surface area (TPSA) is 67.2 Å². The van der Waals surface area contributed by atoms with Crippen molar-refractivity contribution in [3.8, 4) is 0 Å². The van der Waals surface area contributed by atoms with E-state index in [1.807, 2.05) is 19.1 Å². The van der Waals surface area contributed by atoms with Crippen LogP contribution in [0.5, 0.6) is 0 Å². The third-order valence-corrected chi connectivity index (χ3v) is 5.56. The van der Waals surface area contributed by atoms with Crippen molar-refractivity contribution in [2.45, 2.75) is 26.2 Å². The number of nitrogens with zero attached hydrogens (tertiary/aromatic N) is 6. The fourth-order valence-corrected chi connectivity index (χ4v) is 3.75. The molecular formula is C22H23F3N6O. The van der Waals surface area contributed by atoms with E-state index in [2.05, 4.69) is 20.2 Å². The van der Waals surface area contributed by atoms with Crippen LogP contribution in [0.25, 0.3) is 0 Å². The summed E-state index contributed by atoms with van der Waals surface area (Å²) in [6, 6.07) is 9.25. The summed E-state index contributed by atoms with van der Waals surface area (Å²) >= 11 is 0. The minimum Gasteiger partial charge on any atom is -0.335 e. The number of hydrogen-bond donors (Lipinski definition) is 0. The Bertz CT molecular complexity index is 1090. The maximum atomic E-state index is 13.2. The second kappa shape index (κ2) is 9.07. The van der Waals surface area contributed by atoms with E-state index in [0.29, 0.717) is 26.2 Å². The van der Waals surface area contributed by atoms with E-state index < -0.39 is 11.7 Å². The van der Waals surface area contributed by atoms with Gasteiger partial charge in [-0.1, -0.05) is 29.5 Å². The van der Waals surface area contributed by atoms with Crippen LogP contribution in [-0.4, -0.2) is 61.9 Å². The summed E-state index contributed by atoms with van der Waals surface area (Å²) in [5.74, 6) is -0.269. The highest BCUT2D eigenvalue weighted by molar-refractivity contribution is 5.92. The molecule has 0 N–H and O–H groups in total. The van der Waals surface area contributed by atoms with Gasteiger partial charge in [0.1, 0.15) is 0 Å². The summed E-state index contributed by atoms with van der Waals surface area (Å²) in [7, 11) is 0. The van der Waals surface area contributed by atoms with Crippen LogP contribution < -0.4 is 0 Å². The predicted molar refractivity (Wildman–Crippen MR) is 111 cm³/mol. The number of halogens is 3. The van der Waals surface area contributed by atoms with E-state index >= 15 is 0 Å². The van der Waals surface area contributed by atoms with Gasteiger partial charge in [-0.2, -0.15) is 13.2 Å². The minimum absolute atomic E-state index is 0.0716. The molecule has 1 aliphatic heterocycles. The Morgan fingerprint density at radius 1 is 1.03 bits per heavy atom. The molecule has 7 nitrogen and oxygen atoms in total. The molecule has 1 amide bonds. The van der Waals surface area contributed by atoms with Gasteiger partial charge >= 0.3 is 6.18 Å². The zero-order chi connectivity index (χ0) is 22.7. The van der Waals surface area contributed by atoms with Gasteiger partial charge in [0, 0.05) is 38.9 Å². The lowest BCUT2D eigenvalue weighted by Crippen LogP contribution is -2.48. The summed E-state index contributed by atoms with van der Waals surface area (Å²) in [5.41, 5.74) is 1.64. The molecule has 168 valence electrons. The molecule has 10 heteroatoms. The first-order valence-corrected chi connectivity index (χ1v) is 10.3. The van der Waals surface area contributed by atoms with Crippen LogP contribution in [0.2, 0.25) is 0 Å². The number of alkyl halides is 3. The summed E-state index contributed by atoms with van der Waals surface area (Å²) in [6.07, 6.45) is -1.28. The van der Waals surface area contributed by atoms with Gasteiger partial charge in [0.15, 0.2) is 5.69 Å². The van der Waals surface area contributed by atoms with Crippen molar-refractivity contribution in [2.75, 3.05) is 26.2 Å². The molecule has 1 fully saturated rings. The van der Waals surface area contributed by atoms with Gasteiger partial charge in [0.05, 0.1) is 24.0 Å². The first-order chi connectivity index (χ1) is 15.3. The van der Waals surface area contributed by atoms with Crippen molar-refractivity contribution in [2.24, 2.45) is 0 Å². The van der Waals surface area contributed by atoms with Crippen molar-refractivity contribution < 1.29 is 18.0 Å². The van der Waals surface area contributed by atoms with Crippen molar-refractivity contribution in [3.05, 3.63) is 76.9 Å². The molecule has 2 aromatic heterocycles. The van der Waals surface area contributed by atoms with Crippen molar-refractivity contribution in [3.63, 3.8) is 0 Å². The Morgan fingerprint density at radius 3 is 2.50 bits per heavy atom. The summed E-state index contributed by atoms with van der Waals surface area (Å²) in [6.45, 7) is 5.11. The lowest BCUT2D eigenvalue weighted by Gasteiger charge is -2.34. The predicted octanol–water partition coefficient (Wildman–Crippen LogP) is 3.01. The molecule has 0 spiro atoms. The first kappa shape index (κ1) is 21.9. The first-order valence-electron chi connectivity index (χ1n) is 10.3. The van der Waals surface area contributed by atoms with Gasteiger partial charge in [-0.05, 0) is 30.2 Å². The van der Waals surface area contributed by atoms with Crippen LogP contribution in [0.3, 0.4) is 0 Å². The third-order valence-electron chi connectivity index (χ3n) is 5.56. The molecule has 1 aliphatic rings. The van der Waals surface area contributed by atoms with Crippen LogP contribution in [0.4, 0.5) is 13.2 Å². The van der Waals surface area contributed by atoms with Gasteiger partial charge in [-0.15, -0.1) is 5.10 Å². The number of pyridine rings is 1. The molecule has 0 bridgehead atoms. The Balaban J connectivity index is 1.36. The number of carbonyl (C=O) groups excluding carboxylic acids is 1. The summed E-state index contributed by atoms with van der Waals surface area (Å²) < 4.78 is 40.9. The number of piperazine rings is 1. The maximum absolute atomic E-state index is 13.2. The number of benzene rings is 1. The van der Waals surface area contributed by atoms with Crippen molar-refractivity contribution in [1.82, 2.24) is 29.8 Å². The molecular weight excluding hydrogens is 421 g/mol. The quantitative estimate of drug-likeness (QED) is 0.605. The number of aromatic nitrogens is 4. The second-order valence-corrected chi connectivity index (χ2v) is 7.79. The molecule has 4 rings (SSSR count). The highest BCUT2D eigenvalue weighted by atomic mass is 19.4. The van der Waals surface area contributed by atoms with Crippen LogP contribution in [-0.2, 0) is 19.3 Å². The fraction of sp³-hybridized carbons (Fsp3) is 0.364. The number of hydrogen-bond acceptors (Lipinski definition) is 5. The van der Waals surface area contributed by atoms with E-state index in [1.54, 1.807) is 17.2 Å². The molecule has 3 aromatic rings. The highest BCUT2D eigenvalue weighted by Crippen LogP contribution is 2.32. The average molecular weight is 444 g/mol. The van der Waals surface area contributed by atoms with E-state index in [-0.39, 0.29) is 23.7 Å². The normalized spacial score (nSPS) is 15.2. The van der Waals surface area contributed by atoms with E-state index in [9.17, 15) is 18.0 Å². The monoisotopic (exact) mass is 444 g/mol. The molecule has 3 heterocycles. The molecule has 0 atom stereocenters. The number of aryl methyl sites for hydroxylation is 1. The number of rotatable bonds is 5. The smallest absolute Gasteiger partial charge is 0.335 e. The lowest BCUT2D eigenvalue weighted by molar-refractivity contribution is -0.138. The van der Waals surface area contributed by atoms with Crippen molar-refractivity contribution in [1.29, 1.82) is 0 Å². The van der Waals surface area contributed by atoms with Crippen molar-refractivity contribution >= 4 is 5.91 Å². The third kappa shape index (κ3) is 4.96. The van der Waals surface area contributed by atoms with Gasteiger partial charge in [-0.3, -0.25) is 14.7 Å². The zero-order valence-electron chi connectivity index (χ0n) is 17.6. The average Bonchev–Trinajstić information content (AvgIpc) is 3.23. The second-order valence-electron chi connectivity index (χ2n) is 7.79. The Morgan fingerprint density at radius 2 is 1.78 bits per heavy atom. The summed E-state index contributed by atoms with van der Waals surface area (Å²) in [5, 5.41) is 7.76. The molecule has 0 unspecified atom stereocenters. The summed E-state index contributed by atoms with van der Waals surface area (Å²) in [4.78, 5) is 21.2. The fourth-order valence-electron chi connectivity index (χ4n) is 3.75. The van der Waals surface area contributed by atoms with E-state index in [1.165, 1.54) is 23.0 Å². The molecule has 32 heavy (non-hydrogen) atoms. The highest BCUT2D eigenvalue weighted by Gasteiger charge is 2.33. The molecule has 1 saturated heterocycles. The molecule has 0 radical (unpaired) electrons. The lowest BCUT2D eigenvalue weighted by atomic mass is 10.1. The van der Waals surface area contributed by atoms with Crippen LogP contribution in [0.1, 0.15) is 32.9 Å². The van der Waals surface area contributed by atoms with E-state index in [4.69, 9.17) is 0 Å². The SMILES string of the molecule is Cc1cccnc1CN1CCN(C(=O)c2cn(Cc3ccccc3C(F)(F)F)nn2)CC1. The Hall–Kier alpha value is -3.27. The Kier molecular flexibility index (Phi) is 6.22. The largest absolute Gasteiger partial charge is 0.416 e. The minimum atomic E-state index is -4.46. The van der Waals surface area contributed by atoms with E-state index in [0.717, 1.165) is 23.9 Å². The zero-order valence-corrected chi connectivity index (χ0v) is 17.6. The standard InChI is InChI=1S/C22H23F3N6O/c1-16-5-4-8-26-19(16)14-29-9-11-30(12-10-29)21(32)20-15-31(28-27-20)13-17-6-2-3-7-18(17)22(23,24)25/h2-8,15H,9-14H2,1H3. The van der Waals surface area contributed by atoms with Gasteiger partial charge in [-0.25, -0.2) is 4.68 Å². The van der Waals surface area contributed by atoms with Crippen LogP contribution in [0, 0.1) is 6.92 Å². The number of carbonyl (C=O) groups is 1.